The average Bonchev–Trinajstić information content (AvgIpc) is 2.63. The normalized spacial score (nSPS) is 10.3. The first-order chi connectivity index (χ1) is 12.3. The molecular formula is C20H22N4O. The second kappa shape index (κ2) is 8.15. The number of ether oxygens (including phenoxy) is 1. The molecule has 0 atom stereocenters. The number of nitrogens with one attached hydrogen (secondary N) is 2. The van der Waals surface area contributed by atoms with Gasteiger partial charge in [-0.2, -0.15) is 4.98 Å². The molecule has 0 aliphatic heterocycles. The summed E-state index contributed by atoms with van der Waals surface area (Å²) in [5, 5.41) is 6.57. The summed E-state index contributed by atoms with van der Waals surface area (Å²) < 4.78 is 5.64. The molecule has 1 heterocycles. The summed E-state index contributed by atoms with van der Waals surface area (Å²) in [7, 11) is 0. The van der Waals surface area contributed by atoms with Crippen molar-refractivity contribution in [3.8, 4) is 5.75 Å². The monoisotopic (exact) mass is 334 g/mol. The Bertz CT molecular complexity index is 835. The summed E-state index contributed by atoms with van der Waals surface area (Å²) in [5.41, 5.74) is 3.36. The van der Waals surface area contributed by atoms with Gasteiger partial charge in [-0.3, -0.25) is 0 Å². The van der Waals surface area contributed by atoms with Crippen molar-refractivity contribution in [3.63, 3.8) is 0 Å². The fraction of sp³-hybridized carbons (Fsp3) is 0.200. The zero-order valence-corrected chi connectivity index (χ0v) is 14.5. The lowest BCUT2D eigenvalue weighted by atomic mass is 10.1. The van der Waals surface area contributed by atoms with Gasteiger partial charge in [-0.05, 0) is 43.2 Å². The van der Waals surface area contributed by atoms with Crippen molar-refractivity contribution < 1.29 is 4.74 Å². The van der Waals surface area contributed by atoms with E-state index in [4.69, 9.17) is 4.74 Å². The van der Waals surface area contributed by atoms with Gasteiger partial charge in [-0.1, -0.05) is 36.4 Å². The minimum Gasteiger partial charge on any atom is -0.492 e. The standard InChI is InChI=1S/C20H22N4O/c1-3-25-18-11-7-6-10-17(18)23-19-12-13-21-20(24-19)22-14-16-9-5-4-8-15(16)2/h4-13H,3,14H2,1-2H3,(H2,21,22,23,24). The third kappa shape index (κ3) is 4.47. The summed E-state index contributed by atoms with van der Waals surface area (Å²) >= 11 is 0. The van der Waals surface area contributed by atoms with Crippen molar-refractivity contribution in [3.05, 3.63) is 71.9 Å². The molecular weight excluding hydrogens is 312 g/mol. The van der Waals surface area contributed by atoms with E-state index in [1.54, 1.807) is 6.20 Å². The first-order valence-electron chi connectivity index (χ1n) is 8.36. The van der Waals surface area contributed by atoms with Gasteiger partial charge in [0.1, 0.15) is 11.6 Å². The third-order valence-electron chi connectivity index (χ3n) is 3.80. The smallest absolute Gasteiger partial charge is 0.224 e. The van der Waals surface area contributed by atoms with Crippen molar-refractivity contribution >= 4 is 17.5 Å². The molecule has 0 amide bonds. The maximum Gasteiger partial charge on any atom is 0.224 e. The minimum atomic E-state index is 0.585. The number of aromatic nitrogens is 2. The molecule has 0 spiro atoms. The number of nitrogens with zero attached hydrogens (tertiary/aromatic N) is 2. The zero-order chi connectivity index (χ0) is 17.5. The van der Waals surface area contributed by atoms with Gasteiger partial charge in [0, 0.05) is 12.7 Å². The quantitative estimate of drug-likeness (QED) is 0.664. The molecule has 2 aromatic carbocycles. The SMILES string of the molecule is CCOc1ccccc1Nc1ccnc(NCc2ccccc2C)n1. The lowest BCUT2D eigenvalue weighted by Crippen LogP contribution is -2.06. The van der Waals surface area contributed by atoms with Crippen molar-refractivity contribution in [1.82, 2.24) is 9.97 Å². The highest BCUT2D eigenvalue weighted by atomic mass is 16.5. The number of para-hydroxylation sites is 2. The van der Waals surface area contributed by atoms with Crippen LogP contribution in [0.5, 0.6) is 5.75 Å². The van der Waals surface area contributed by atoms with Gasteiger partial charge < -0.3 is 15.4 Å². The zero-order valence-electron chi connectivity index (χ0n) is 14.5. The maximum atomic E-state index is 5.64. The molecule has 0 aliphatic rings. The molecule has 0 fully saturated rings. The van der Waals surface area contributed by atoms with Gasteiger partial charge in [-0.15, -0.1) is 0 Å². The predicted molar refractivity (Wildman–Crippen MR) is 101 cm³/mol. The van der Waals surface area contributed by atoms with Crippen LogP contribution in [0.25, 0.3) is 0 Å². The largest absolute Gasteiger partial charge is 0.492 e. The minimum absolute atomic E-state index is 0.585. The van der Waals surface area contributed by atoms with E-state index in [1.807, 2.05) is 49.4 Å². The fourth-order valence-electron chi connectivity index (χ4n) is 2.49. The molecule has 5 nitrogen and oxygen atoms in total. The van der Waals surface area contributed by atoms with Gasteiger partial charge >= 0.3 is 0 Å². The summed E-state index contributed by atoms with van der Waals surface area (Å²) in [6, 6.07) is 17.9. The molecule has 25 heavy (non-hydrogen) atoms. The fourth-order valence-corrected chi connectivity index (χ4v) is 2.49. The van der Waals surface area contributed by atoms with Gasteiger partial charge in [0.15, 0.2) is 0 Å². The Balaban J connectivity index is 1.71. The lowest BCUT2D eigenvalue weighted by molar-refractivity contribution is 0.342. The highest BCUT2D eigenvalue weighted by Gasteiger charge is 2.05. The van der Waals surface area contributed by atoms with Crippen LogP contribution in [0, 0.1) is 6.92 Å². The van der Waals surface area contributed by atoms with Crippen LogP contribution in [-0.4, -0.2) is 16.6 Å². The van der Waals surface area contributed by atoms with Crippen molar-refractivity contribution in [2.45, 2.75) is 20.4 Å². The molecule has 3 rings (SSSR count). The van der Waals surface area contributed by atoms with Crippen LogP contribution in [-0.2, 0) is 6.54 Å². The van der Waals surface area contributed by atoms with Gasteiger partial charge in [-0.25, -0.2) is 4.98 Å². The number of hydrogen-bond acceptors (Lipinski definition) is 5. The Morgan fingerprint density at radius 3 is 2.64 bits per heavy atom. The maximum absolute atomic E-state index is 5.64. The Hall–Kier alpha value is -3.08. The van der Waals surface area contributed by atoms with Crippen LogP contribution in [0.1, 0.15) is 18.1 Å². The highest BCUT2D eigenvalue weighted by molar-refractivity contribution is 5.64. The van der Waals surface area contributed by atoms with Crippen LogP contribution < -0.4 is 15.4 Å². The third-order valence-corrected chi connectivity index (χ3v) is 3.80. The summed E-state index contributed by atoms with van der Waals surface area (Å²) in [4.78, 5) is 8.82. The van der Waals surface area contributed by atoms with Crippen LogP contribution >= 0.6 is 0 Å². The molecule has 0 aliphatic carbocycles. The first kappa shape index (κ1) is 16.8. The van der Waals surface area contributed by atoms with Crippen molar-refractivity contribution in [2.75, 3.05) is 17.2 Å². The summed E-state index contributed by atoms with van der Waals surface area (Å²) in [6.45, 7) is 5.37. The van der Waals surface area contributed by atoms with E-state index in [9.17, 15) is 0 Å². The molecule has 128 valence electrons. The van der Waals surface area contributed by atoms with E-state index >= 15 is 0 Å². The number of anilines is 3. The number of benzene rings is 2. The molecule has 0 saturated heterocycles. The molecule has 0 bridgehead atoms. The Kier molecular flexibility index (Phi) is 5.46. The lowest BCUT2D eigenvalue weighted by Gasteiger charge is -2.12. The van der Waals surface area contributed by atoms with Gasteiger partial charge in [0.05, 0.1) is 12.3 Å². The van der Waals surface area contributed by atoms with Crippen LogP contribution in [0.4, 0.5) is 17.5 Å². The van der Waals surface area contributed by atoms with E-state index in [2.05, 4.69) is 39.7 Å². The van der Waals surface area contributed by atoms with Crippen molar-refractivity contribution in [1.29, 1.82) is 0 Å². The molecule has 5 heteroatoms. The molecule has 0 saturated carbocycles. The second-order valence-corrected chi connectivity index (χ2v) is 5.60. The van der Waals surface area contributed by atoms with Gasteiger partial charge in [0.25, 0.3) is 0 Å². The number of rotatable bonds is 7. The predicted octanol–water partition coefficient (Wildman–Crippen LogP) is 4.54. The van der Waals surface area contributed by atoms with E-state index in [-0.39, 0.29) is 0 Å². The van der Waals surface area contributed by atoms with Crippen LogP contribution in [0.2, 0.25) is 0 Å². The Labute approximate surface area is 148 Å². The molecule has 0 unspecified atom stereocenters. The molecule has 0 radical (unpaired) electrons. The Morgan fingerprint density at radius 2 is 1.80 bits per heavy atom. The topological polar surface area (TPSA) is 59.1 Å². The number of aryl methyl sites for hydroxylation is 1. The van der Waals surface area contributed by atoms with E-state index < -0.39 is 0 Å². The van der Waals surface area contributed by atoms with Crippen LogP contribution in [0.15, 0.2) is 60.8 Å². The first-order valence-corrected chi connectivity index (χ1v) is 8.36. The number of hydrogen-bond donors (Lipinski definition) is 2. The second-order valence-electron chi connectivity index (χ2n) is 5.60. The van der Waals surface area contributed by atoms with E-state index in [1.165, 1.54) is 11.1 Å². The highest BCUT2D eigenvalue weighted by Crippen LogP contribution is 2.26. The van der Waals surface area contributed by atoms with Gasteiger partial charge in [0.2, 0.25) is 5.95 Å². The molecule has 3 aromatic rings. The van der Waals surface area contributed by atoms with Crippen molar-refractivity contribution in [2.24, 2.45) is 0 Å². The van der Waals surface area contributed by atoms with Crippen LogP contribution in [0.3, 0.4) is 0 Å². The molecule has 1 aromatic heterocycles. The summed E-state index contributed by atoms with van der Waals surface area (Å²) in [5.74, 6) is 2.11. The molecule has 2 N–H and O–H groups in total. The van der Waals surface area contributed by atoms with E-state index in [0.29, 0.717) is 19.1 Å². The van der Waals surface area contributed by atoms with E-state index in [0.717, 1.165) is 17.3 Å². The summed E-state index contributed by atoms with van der Waals surface area (Å²) in [6.07, 6.45) is 1.73. The Morgan fingerprint density at radius 1 is 1.00 bits per heavy atom. The average molecular weight is 334 g/mol.